The molecule has 3 aliphatic heterocycles. The quantitative estimate of drug-likeness (QED) is 0.505. The van der Waals surface area contributed by atoms with Crippen molar-refractivity contribution >= 4 is 50.4 Å². The third kappa shape index (κ3) is 4.86. The molecule has 162 valence electrons. The molecule has 3 atom stereocenters. The first-order valence-electron chi connectivity index (χ1n) is 11.1. The van der Waals surface area contributed by atoms with E-state index in [9.17, 15) is 0 Å². The molecule has 3 aliphatic rings. The largest absolute Gasteiger partial charge is 0.273 e. The van der Waals surface area contributed by atoms with E-state index in [-0.39, 0.29) is 0 Å². The fraction of sp³-hybridized carbons (Fsp3) is 0.625. The Morgan fingerprint density at radius 2 is 0.833 bits per heavy atom. The van der Waals surface area contributed by atoms with Crippen LogP contribution in [0.5, 0.6) is 0 Å². The van der Waals surface area contributed by atoms with Crippen LogP contribution in [-0.4, -0.2) is 50.5 Å². The molecule has 0 saturated carbocycles. The maximum absolute atomic E-state index is 5.07. The van der Waals surface area contributed by atoms with Crippen molar-refractivity contribution in [2.75, 3.05) is 17.3 Å². The molecule has 3 heterocycles. The van der Waals surface area contributed by atoms with Gasteiger partial charge in [-0.15, -0.1) is 35.3 Å². The van der Waals surface area contributed by atoms with Gasteiger partial charge in [0.15, 0.2) is 0 Å². The van der Waals surface area contributed by atoms with Gasteiger partial charge in [-0.2, -0.15) is 0 Å². The van der Waals surface area contributed by atoms with E-state index in [1.54, 1.807) is 0 Å². The van der Waals surface area contributed by atoms with Crippen molar-refractivity contribution in [2.45, 2.75) is 59.7 Å². The van der Waals surface area contributed by atoms with Crippen LogP contribution in [-0.2, 0) is 0 Å². The lowest BCUT2D eigenvalue weighted by atomic mass is 10.0. The zero-order valence-corrected chi connectivity index (χ0v) is 21.3. The molecule has 0 fully saturated rings. The molecule has 0 saturated heterocycles. The molecule has 4 rings (SSSR count). The summed E-state index contributed by atoms with van der Waals surface area (Å²) >= 11 is 5.71. The van der Waals surface area contributed by atoms with Gasteiger partial charge in [0, 0.05) is 33.9 Å². The van der Waals surface area contributed by atoms with E-state index >= 15 is 0 Å². The Balaban J connectivity index is 1.73. The van der Waals surface area contributed by atoms with Gasteiger partial charge in [0.05, 0.1) is 33.3 Å². The summed E-state index contributed by atoms with van der Waals surface area (Å²) in [6.45, 7) is 13.6. The number of thioether (sulfide) groups is 3. The van der Waals surface area contributed by atoms with Gasteiger partial charge in [0.25, 0.3) is 0 Å². The summed E-state index contributed by atoms with van der Waals surface area (Å²) in [5.41, 5.74) is 3.72. The van der Waals surface area contributed by atoms with Crippen molar-refractivity contribution in [3.05, 3.63) is 34.9 Å². The highest BCUT2D eigenvalue weighted by Gasteiger charge is 2.27. The minimum Gasteiger partial charge on any atom is -0.273 e. The van der Waals surface area contributed by atoms with Crippen LogP contribution in [0.2, 0.25) is 0 Å². The topological polar surface area (TPSA) is 37.1 Å². The van der Waals surface area contributed by atoms with Gasteiger partial charge >= 0.3 is 0 Å². The van der Waals surface area contributed by atoms with E-state index in [0.29, 0.717) is 35.9 Å². The van der Waals surface area contributed by atoms with Gasteiger partial charge in [-0.25, -0.2) is 0 Å². The summed E-state index contributed by atoms with van der Waals surface area (Å²) in [4.78, 5) is 15.2. The Morgan fingerprint density at radius 3 is 1.03 bits per heavy atom. The minimum absolute atomic E-state index is 0.421. The van der Waals surface area contributed by atoms with Crippen LogP contribution < -0.4 is 0 Å². The zero-order chi connectivity index (χ0) is 21.4. The third-order valence-corrected chi connectivity index (χ3v) is 9.37. The number of rotatable bonds is 6. The first-order valence-corrected chi connectivity index (χ1v) is 14.1. The second kappa shape index (κ2) is 9.41. The van der Waals surface area contributed by atoms with E-state index in [2.05, 4.69) is 59.7 Å². The van der Waals surface area contributed by atoms with Crippen molar-refractivity contribution in [1.29, 1.82) is 0 Å². The SMILES string of the molecule is CC(C)[C@H]1CSC(c2cc(C3=N[C@@H](C(C)C)CS3)cc(C3=N[C@@H](C(C)C)CS3)c2)=N1. The molecule has 0 amide bonds. The smallest absolute Gasteiger partial charge is 0.0981 e. The van der Waals surface area contributed by atoms with Gasteiger partial charge in [0.1, 0.15) is 0 Å². The summed E-state index contributed by atoms with van der Waals surface area (Å²) in [5.74, 6) is 5.01. The molecule has 0 aliphatic carbocycles. The predicted molar refractivity (Wildman–Crippen MR) is 139 cm³/mol. The fourth-order valence-electron chi connectivity index (χ4n) is 3.66. The fourth-order valence-corrected chi connectivity index (χ4v) is 7.51. The van der Waals surface area contributed by atoms with Crippen molar-refractivity contribution in [3.63, 3.8) is 0 Å². The monoisotopic (exact) mass is 459 g/mol. The predicted octanol–water partition coefficient (Wildman–Crippen LogP) is 6.24. The standard InChI is InChI=1S/C24H33N3S3/c1-13(2)19-10-28-22(25-19)16-7-17(23-26-20(11-29-23)14(3)4)9-18(8-16)24-27-21(12-30-24)15(5)6/h7-9,13-15,19-21H,10-12H2,1-6H3/t19-,20-,21-/m1/s1. The molecule has 1 aromatic carbocycles. The molecule has 0 N–H and O–H groups in total. The average molecular weight is 460 g/mol. The van der Waals surface area contributed by atoms with Crippen molar-refractivity contribution in [1.82, 2.24) is 0 Å². The lowest BCUT2D eigenvalue weighted by molar-refractivity contribution is 0.543. The normalized spacial score (nSPS) is 26.7. The molecule has 0 aromatic heterocycles. The molecular formula is C24H33N3S3. The maximum atomic E-state index is 5.07. The van der Waals surface area contributed by atoms with E-state index in [1.165, 1.54) is 31.8 Å². The molecule has 0 bridgehead atoms. The van der Waals surface area contributed by atoms with Crippen LogP contribution >= 0.6 is 35.3 Å². The van der Waals surface area contributed by atoms with Crippen LogP contribution in [0.3, 0.4) is 0 Å². The highest BCUT2D eigenvalue weighted by molar-refractivity contribution is 8.15. The van der Waals surface area contributed by atoms with Crippen molar-refractivity contribution in [2.24, 2.45) is 32.7 Å². The summed E-state index contributed by atoms with van der Waals surface area (Å²) in [5, 5.41) is 3.56. The highest BCUT2D eigenvalue weighted by atomic mass is 32.2. The Labute approximate surface area is 194 Å². The molecular weight excluding hydrogens is 426 g/mol. The van der Waals surface area contributed by atoms with Crippen LogP contribution in [0, 0.1) is 17.8 Å². The number of nitrogens with zero attached hydrogens (tertiary/aromatic N) is 3. The molecule has 3 nitrogen and oxygen atoms in total. The molecule has 0 radical (unpaired) electrons. The van der Waals surface area contributed by atoms with E-state index in [1.807, 2.05) is 35.3 Å². The number of benzene rings is 1. The van der Waals surface area contributed by atoms with Gasteiger partial charge in [-0.3, -0.25) is 15.0 Å². The maximum Gasteiger partial charge on any atom is 0.0981 e. The Kier molecular flexibility index (Phi) is 7.05. The second-order valence-electron chi connectivity index (χ2n) is 9.47. The zero-order valence-electron chi connectivity index (χ0n) is 18.9. The summed E-state index contributed by atoms with van der Waals surface area (Å²) < 4.78 is 0. The summed E-state index contributed by atoms with van der Waals surface area (Å²) in [7, 11) is 0. The van der Waals surface area contributed by atoms with E-state index in [0.717, 1.165) is 17.3 Å². The van der Waals surface area contributed by atoms with Gasteiger partial charge in [0.2, 0.25) is 0 Å². The Bertz CT molecular complexity index is 759. The van der Waals surface area contributed by atoms with E-state index < -0.39 is 0 Å². The lowest BCUT2D eigenvalue weighted by Gasteiger charge is -2.10. The molecule has 0 unspecified atom stereocenters. The van der Waals surface area contributed by atoms with Crippen LogP contribution in [0.15, 0.2) is 33.2 Å². The number of aliphatic imine (C=N–C) groups is 3. The Morgan fingerprint density at radius 1 is 0.567 bits per heavy atom. The molecule has 0 spiro atoms. The average Bonchev–Trinajstić information content (AvgIpc) is 3.48. The Hall–Kier alpha value is -0.720. The second-order valence-corrected chi connectivity index (χ2v) is 12.5. The molecule has 6 heteroatoms. The lowest BCUT2D eigenvalue weighted by Crippen LogP contribution is -2.12. The van der Waals surface area contributed by atoms with Crippen LogP contribution in [0.25, 0.3) is 0 Å². The first-order chi connectivity index (χ1) is 14.3. The van der Waals surface area contributed by atoms with E-state index in [4.69, 9.17) is 15.0 Å². The number of hydrogen-bond donors (Lipinski definition) is 0. The summed E-state index contributed by atoms with van der Waals surface area (Å²) in [6, 6.07) is 8.20. The van der Waals surface area contributed by atoms with Crippen LogP contribution in [0.4, 0.5) is 0 Å². The molecule has 30 heavy (non-hydrogen) atoms. The third-order valence-electron chi connectivity index (χ3n) is 6.00. The van der Waals surface area contributed by atoms with Crippen molar-refractivity contribution < 1.29 is 0 Å². The highest BCUT2D eigenvalue weighted by Crippen LogP contribution is 2.34. The van der Waals surface area contributed by atoms with Gasteiger partial charge in [-0.1, -0.05) is 41.5 Å². The number of hydrogen-bond acceptors (Lipinski definition) is 6. The van der Waals surface area contributed by atoms with Gasteiger partial charge in [-0.05, 0) is 36.0 Å². The summed E-state index contributed by atoms with van der Waals surface area (Å²) in [6.07, 6.45) is 0. The molecule has 1 aromatic rings. The minimum atomic E-state index is 0.421. The van der Waals surface area contributed by atoms with Crippen LogP contribution in [0.1, 0.15) is 58.2 Å². The van der Waals surface area contributed by atoms with Gasteiger partial charge < -0.3 is 0 Å². The van der Waals surface area contributed by atoms with Crippen molar-refractivity contribution in [3.8, 4) is 0 Å². The first kappa shape index (κ1) is 22.5.